The Labute approximate surface area is 162 Å². The highest BCUT2D eigenvalue weighted by Crippen LogP contribution is 2.24. The van der Waals surface area contributed by atoms with E-state index < -0.39 is 0 Å². The minimum absolute atomic E-state index is 0.0789. The number of thioether (sulfide) groups is 1. The average Bonchev–Trinajstić information content (AvgIpc) is 3.17. The van der Waals surface area contributed by atoms with Crippen LogP contribution in [0.2, 0.25) is 0 Å². The summed E-state index contributed by atoms with van der Waals surface area (Å²) in [5.41, 5.74) is 2.01. The van der Waals surface area contributed by atoms with Crippen LogP contribution in [0.1, 0.15) is 18.4 Å². The topological polar surface area (TPSA) is 77.3 Å². The number of amides is 1. The molecule has 0 fully saturated rings. The molecule has 0 unspecified atom stereocenters. The van der Waals surface area contributed by atoms with Crippen LogP contribution in [0, 0.1) is 6.92 Å². The smallest absolute Gasteiger partial charge is 0.246 e. The molecule has 0 saturated carbocycles. The van der Waals surface area contributed by atoms with Crippen LogP contribution in [0.25, 0.3) is 11.4 Å². The summed E-state index contributed by atoms with van der Waals surface area (Å²) in [5, 5.41) is 6.57. The first-order valence-electron chi connectivity index (χ1n) is 8.53. The first kappa shape index (κ1) is 19.0. The maximum absolute atomic E-state index is 12.3. The lowest BCUT2D eigenvalue weighted by atomic mass is 10.2. The zero-order valence-electron chi connectivity index (χ0n) is 15.4. The van der Waals surface area contributed by atoms with E-state index in [2.05, 4.69) is 15.5 Å². The quantitative estimate of drug-likeness (QED) is 0.625. The van der Waals surface area contributed by atoms with Crippen molar-refractivity contribution in [3.05, 3.63) is 60.0 Å². The highest BCUT2D eigenvalue weighted by atomic mass is 32.2. The van der Waals surface area contributed by atoms with Crippen LogP contribution < -0.4 is 10.1 Å². The molecule has 1 aromatic heterocycles. The largest absolute Gasteiger partial charge is 0.497 e. The molecule has 1 N–H and O–H groups in total. The van der Waals surface area contributed by atoms with Gasteiger partial charge in [-0.1, -0.05) is 22.9 Å². The first-order valence-corrected chi connectivity index (χ1v) is 9.41. The number of hydrogen-bond acceptors (Lipinski definition) is 6. The average molecular weight is 383 g/mol. The van der Waals surface area contributed by atoms with E-state index in [1.54, 1.807) is 7.11 Å². The van der Waals surface area contributed by atoms with Crippen LogP contribution in [0.3, 0.4) is 0 Å². The van der Waals surface area contributed by atoms with Gasteiger partial charge in [-0.05, 0) is 50.2 Å². The van der Waals surface area contributed by atoms with Crippen LogP contribution in [0.15, 0.2) is 57.9 Å². The maximum atomic E-state index is 12.3. The summed E-state index contributed by atoms with van der Waals surface area (Å²) < 4.78 is 10.4. The highest BCUT2D eigenvalue weighted by molar-refractivity contribution is 8.00. The number of methoxy groups -OCH3 is 1. The van der Waals surface area contributed by atoms with E-state index in [0.29, 0.717) is 11.7 Å². The summed E-state index contributed by atoms with van der Waals surface area (Å²) in [7, 11) is 1.61. The number of nitrogens with one attached hydrogen (secondary N) is 1. The summed E-state index contributed by atoms with van der Waals surface area (Å²) >= 11 is 1.51. The molecule has 0 aliphatic heterocycles. The van der Waals surface area contributed by atoms with Gasteiger partial charge in [0.15, 0.2) is 0 Å². The van der Waals surface area contributed by atoms with Gasteiger partial charge >= 0.3 is 0 Å². The molecule has 0 aliphatic rings. The molecule has 1 atom stereocenters. The highest BCUT2D eigenvalue weighted by Gasteiger charge is 2.16. The number of benzene rings is 2. The predicted octanol–water partition coefficient (Wildman–Crippen LogP) is 3.85. The molecule has 7 heteroatoms. The van der Waals surface area contributed by atoms with Crippen LogP contribution in [0.4, 0.5) is 0 Å². The van der Waals surface area contributed by atoms with E-state index in [9.17, 15) is 4.79 Å². The van der Waals surface area contributed by atoms with E-state index in [4.69, 9.17) is 9.26 Å². The van der Waals surface area contributed by atoms with Gasteiger partial charge in [0.05, 0.1) is 18.9 Å². The van der Waals surface area contributed by atoms with Gasteiger partial charge in [0.2, 0.25) is 17.6 Å². The second-order valence-corrected chi connectivity index (χ2v) is 7.45. The zero-order valence-corrected chi connectivity index (χ0v) is 16.2. The summed E-state index contributed by atoms with van der Waals surface area (Å²) in [6.07, 6.45) is 0. The molecule has 2 aromatic carbocycles. The molecule has 27 heavy (non-hydrogen) atoms. The number of ether oxygens (including phenoxy) is 1. The Morgan fingerprint density at radius 3 is 2.56 bits per heavy atom. The van der Waals surface area contributed by atoms with Gasteiger partial charge in [-0.25, -0.2) is 0 Å². The minimum atomic E-state index is -0.225. The van der Waals surface area contributed by atoms with Crippen LogP contribution in [-0.4, -0.2) is 28.4 Å². The third-order valence-electron chi connectivity index (χ3n) is 3.93. The van der Waals surface area contributed by atoms with Crippen molar-refractivity contribution in [1.82, 2.24) is 15.5 Å². The normalized spacial score (nSPS) is 11.8. The van der Waals surface area contributed by atoms with Crippen molar-refractivity contribution >= 4 is 17.7 Å². The van der Waals surface area contributed by atoms with Gasteiger partial charge in [-0.15, -0.1) is 11.8 Å². The molecular weight excluding hydrogens is 362 g/mol. The first-order chi connectivity index (χ1) is 13.0. The summed E-state index contributed by atoms with van der Waals surface area (Å²) in [6, 6.07) is 15.5. The van der Waals surface area contributed by atoms with Crippen molar-refractivity contribution in [2.24, 2.45) is 0 Å². The number of aryl methyl sites for hydroxylation is 1. The number of nitrogens with zero attached hydrogens (tertiary/aromatic N) is 2. The zero-order chi connectivity index (χ0) is 19.2. The fourth-order valence-electron chi connectivity index (χ4n) is 2.36. The molecule has 1 amide bonds. The number of carbonyl (C=O) groups excluding carboxylic acids is 1. The van der Waals surface area contributed by atoms with E-state index >= 15 is 0 Å². The minimum Gasteiger partial charge on any atom is -0.497 e. The lowest BCUT2D eigenvalue weighted by Gasteiger charge is -2.10. The van der Waals surface area contributed by atoms with Gasteiger partial charge in [-0.2, -0.15) is 4.98 Å². The van der Waals surface area contributed by atoms with Crippen molar-refractivity contribution < 1.29 is 14.1 Å². The SMILES string of the molecule is COc1ccc(-c2noc(CNC(=O)[C@H](C)Sc3ccc(C)cc3)n2)cc1. The van der Waals surface area contributed by atoms with Gasteiger partial charge < -0.3 is 14.6 Å². The standard InChI is InChI=1S/C20H21N3O3S/c1-13-4-10-17(11-5-13)27-14(2)20(24)21-12-18-22-19(23-26-18)15-6-8-16(25-3)9-7-15/h4-11,14H,12H2,1-3H3,(H,21,24)/t14-/m0/s1. The Bertz CT molecular complexity index is 892. The molecule has 1 heterocycles. The number of carbonyl (C=O) groups is 1. The fourth-order valence-corrected chi connectivity index (χ4v) is 3.26. The Morgan fingerprint density at radius 2 is 1.89 bits per heavy atom. The van der Waals surface area contributed by atoms with Crippen molar-refractivity contribution in [2.45, 2.75) is 30.5 Å². The third-order valence-corrected chi connectivity index (χ3v) is 5.05. The van der Waals surface area contributed by atoms with Crippen LogP contribution in [0.5, 0.6) is 5.75 Å². The van der Waals surface area contributed by atoms with Gasteiger partial charge in [0.1, 0.15) is 5.75 Å². The van der Waals surface area contributed by atoms with Gasteiger partial charge in [0.25, 0.3) is 0 Å². The monoisotopic (exact) mass is 383 g/mol. The maximum Gasteiger partial charge on any atom is 0.246 e. The summed E-state index contributed by atoms with van der Waals surface area (Å²) in [4.78, 5) is 17.7. The molecule has 0 aliphatic carbocycles. The molecule has 6 nitrogen and oxygen atoms in total. The summed E-state index contributed by atoms with van der Waals surface area (Å²) in [5.74, 6) is 1.52. The summed E-state index contributed by atoms with van der Waals surface area (Å²) in [6.45, 7) is 4.10. The van der Waals surface area contributed by atoms with E-state index in [-0.39, 0.29) is 17.7 Å². The number of hydrogen-bond donors (Lipinski definition) is 1. The van der Waals surface area contributed by atoms with E-state index in [1.165, 1.54) is 17.3 Å². The molecule has 0 spiro atoms. The van der Waals surface area contributed by atoms with E-state index in [0.717, 1.165) is 16.2 Å². The number of rotatable bonds is 7. The predicted molar refractivity (Wildman–Crippen MR) is 105 cm³/mol. The Balaban J connectivity index is 1.54. The molecule has 3 aromatic rings. The molecule has 3 rings (SSSR count). The van der Waals surface area contributed by atoms with E-state index in [1.807, 2.05) is 62.4 Å². The van der Waals surface area contributed by atoms with Crippen LogP contribution >= 0.6 is 11.8 Å². The number of aromatic nitrogens is 2. The Morgan fingerprint density at radius 1 is 1.19 bits per heavy atom. The van der Waals surface area contributed by atoms with Crippen LogP contribution in [-0.2, 0) is 11.3 Å². The van der Waals surface area contributed by atoms with Crippen molar-refractivity contribution in [1.29, 1.82) is 0 Å². The van der Waals surface area contributed by atoms with Crippen molar-refractivity contribution in [2.75, 3.05) is 7.11 Å². The Kier molecular flexibility index (Phi) is 6.13. The van der Waals surface area contributed by atoms with Gasteiger partial charge in [0, 0.05) is 10.5 Å². The lowest BCUT2D eigenvalue weighted by Crippen LogP contribution is -2.30. The van der Waals surface area contributed by atoms with Crippen molar-refractivity contribution in [3.63, 3.8) is 0 Å². The van der Waals surface area contributed by atoms with Crippen molar-refractivity contribution in [3.8, 4) is 17.1 Å². The molecular formula is C20H21N3O3S. The second-order valence-electron chi connectivity index (χ2n) is 6.03. The molecule has 0 radical (unpaired) electrons. The Hall–Kier alpha value is -2.80. The molecule has 140 valence electrons. The lowest BCUT2D eigenvalue weighted by molar-refractivity contribution is -0.120. The second kappa shape index (κ2) is 8.73. The molecule has 0 saturated heterocycles. The van der Waals surface area contributed by atoms with Gasteiger partial charge in [-0.3, -0.25) is 4.79 Å². The third kappa shape index (κ3) is 5.10. The molecule has 0 bridgehead atoms. The fraction of sp³-hybridized carbons (Fsp3) is 0.250.